The maximum atomic E-state index is 11.6. The van der Waals surface area contributed by atoms with Gasteiger partial charge in [0.05, 0.1) is 5.75 Å². The van der Waals surface area contributed by atoms with Crippen molar-refractivity contribution in [1.82, 2.24) is 4.98 Å². The highest BCUT2D eigenvalue weighted by atomic mass is 32.2. The van der Waals surface area contributed by atoms with Crippen molar-refractivity contribution in [3.63, 3.8) is 0 Å². The molecule has 130 valence electrons. The average molecular weight is 347 g/mol. The molecule has 1 aromatic carbocycles. The van der Waals surface area contributed by atoms with Gasteiger partial charge in [-0.2, -0.15) is 0 Å². The van der Waals surface area contributed by atoms with Crippen LogP contribution in [0.1, 0.15) is 32.3 Å². The summed E-state index contributed by atoms with van der Waals surface area (Å²) in [6.07, 6.45) is 3.14. The zero-order valence-electron chi connectivity index (χ0n) is 14.7. The molecule has 0 aliphatic carbocycles. The molecule has 0 bridgehead atoms. The number of nitrogen functional groups attached to an aromatic ring is 1. The highest BCUT2D eigenvalue weighted by molar-refractivity contribution is 7.90. The normalized spacial score (nSPS) is 21.3. The molecule has 3 rings (SSSR count). The molecule has 2 aromatic rings. The lowest BCUT2D eigenvalue weighted by Crippen LogP contribution is -2.57. The fourth-order valence-electron chi connectivity index (χ4n) is 3.60. The zero-order valence-corrected chi connectivity index (χ0v) is 15.5. The summed E-state index contributed by atoms with van der Waals surface area (Å²) in [7, 11) is -2.94. The third-order valence-electron chi connectivity index (χ3n) is 4.99. The summed E-state index contributed by atoms with van der Waals surface area (Å²) in [4.78, 5) is 6.53. The number of hydrogen-bond acceptors (Lipinski definition) is 5. The van der Waals surface area contributed by atoms with E-state index in [9.17, 15) is 8.42 Å². The van der Waals surface area contributed by atoms with Crippen LogP contribution >= 0.6 is 0 Å². The second-order valence-electron chi connectivity index (χ2n) is 7.23. The molecule has 6 heteroatoms. The topological polar surface area (TPSA) is 76.3 Å². The number of benzene rings is 1. The van der Waals surface area contributed by atoms with Gasteiger partial charge >= 0.3 is 0 Å². The standard InChI is InChI=1S/C18H25N3O2S/c1-11(2)14-5-6-17(16-8-20-18(19)7-15(14)16)21-9-13(12(21)3)10-24(4,22)23/h5-8,11-13H,9-10H2,1-4H3,(H2,19,20)/t12-,13-/m1/s1. The van der Waals surface area contributed by atoms with Crippen LogP contribution in [-0.4, -0.2) is 38.0 Å². The summed E-state index contributed by atoms with van der Waals surface area (Å²) in [6, 6.07) is 6.42. The van der Waals surface area contributed by atoms with Crippen molar-refractivity contribution >= 4 is 32.1 Å². The van der Waals surface area contributed by atoms with Gasteiger partial charge in [-0.1, -0.05) is 19.9 Å². The number of anilines is 2. The van der Waals surface area contributed by atoms with Crippen LogP contribution in [0.4, 0.5) is 11.5 Å². The Hall–Kier alpha value is -1.82. The smallest absolute Gasteiger partial charge is 0.147 e. The molecule has 1 aromatic heterocycles. The van der Waals surface area contributed by atoms with E-state index in [-0.39, 0.29) is 17.7 Å². The van der Waals surface area contributed by atoms with E-state index < -0.39 is 9.84 Å². The molecular weight excluding hydrogens is 322 g/mol. The van der Waals surface area contributed by atoms with Crippen molar-refractivity contribution in [2.75, 3.05) is 29.2 Å². The Morgan fingerprint density at radius 2 is 2.04 bits per heavy atom. The van der Waals surface area contributed by atoms with E-state index in [2.05, 4.69) is 42.8 Å². The first-order valence-corrected chi connectivity index (χ1v) is 10.4. The summed E-state index contributed by atoms with van der Waals surface area (Å²) >= 11 is 0. The molecule has 1 fully saturated rings. The number of pyridine rings is 1. The summed E-state index contributed by atoms with van der Waals surface area (Å²) in [6.45, 7) is 7.18. The molecule has 0 unspecified atom stereocenters. The van der Waals surface area contributed by atoms with Crippen molar-refractivity contribution < 1.29 is 8.42 Å². The van der Waals surface area contributed by atoms with Crippen LogP contribution in [0.5, 0.6) is 0 Å². The lowest BCUT2D eigenvalue weighted by atomic mass is 9.88. The summed E-state index contributed by atoms with van der Waals surface area (Å²) in [5.74, 6) is 1.35. The number of sulfone groups is 1. The molecule has 0 saturated carbocycles. The molecule has 0 radical (unpaired) electrons. The van der Waals surface area contributed by atoms with Gasteiger partial charge in [-0.3, -0.25) is 0 Å². The molecule has 24 heavy (non-hydrogen) atoms. The number of nitrogens with two attached hydrogens (primary N) is 1. The van der Waals surface area contributed by atoms with Crippen LogP contribution < -0.4 is 10.6 Å². The largest absolute Gasteiger partial charge is 0.384 e. The van der Waals surface area contributed by atoms with Crippen molar-refractivity contribution in [3.05, 3.63) is 30.0 Å². The second-order valence-corrected chi connectivity index (χ2v) is 9.41. The fourth-order valence-corrected chi connectivity index (χ4v) is 4.76. The molecule has 2 heterocycles. The van der Waals surface area contributed by atoms with E-state index in [1.54, 1.807) is 0 Å². The highest BCUT2D eigenvalue weighted by Gasteiger charge is 2.38. The number of hydrogen-bond donors (Lipinski definition) is 1. The van der Waals surface area contributed by atoms with Gasteiger partial charge in [0.2, 0.25) is 0 Å². The zero-order chi connectivity index (χ0) is 17.6. The quantitative estimate of drug-likeness (QED) is 0.920. The Balaban J connectivity index is 1.99. The minimum absolute atomic E-state index is 0.182. The third-order valence-corrected chi connectivity index (χ3v) is 6.02. The molecule has 5 nitrogen and oxygen atoms in total. The van der Waals surface area contributed by atoms with Gasteiger partial charge in [0.25, 0.3) is 0 Å². The SMILES string of the molecule is CC(C)c1ccc(N2C[C@H](CS(C)(=O)=O)[C@H]2C)c2cnc(N)cc12. The Morgan fingerprint density at radius 1 is 1.33 bits per heavy atom. The third kappa shape index (κ3) is 3.07. The van der Waals surface area contributed by atoms with Gasteiger partial charge in [0, 0.05) is 42.0 Å². The molecule has 1 aliphatic rings. The Morgan fingerprint density at radius 3 is 2.62 bits per heavy atom. The van der Waals surface area contributed by atoms with Crippen molar-refractivity contribution in [2.24, 2.45) is 5.92 Å². The predicted octanol–water partition coefficient (Wildman–Crippen LogP) is 2.81. The van der Waals surface area contributed by atoms with Crippen LogP contribution in [0, 0.1) is 5.92 Å². The lowest BCUT2D eigenvalue weighted by Gasteiger charge is -2.48. The van der Waals surface area contributed by atoms with Crippen LogP contribution in [0.15, 0.2) is 24.4 Å². The molecule has 0 spiro atoms. The van der Waals surface area contributed by atoms with Gasteiger partial charge < -0.3 is 10.6 Å². The summed E-state index contributed by atoms with van der Waals surface area (Å²) in [5, 5.41) is 2.22. The number of fused-ring (bicyclic) bond motifs is 1. The summed E-state index contributed by atoms with van der Waals surface area (Å²) in [5.41, 5.74) is 8.26. The minimum Gasteiger partial charge on any atom is -0.384 e. The molecule has 0 amide bonds. The number of nitrogens with zero attached hydrogens (tertiary/aromatic N) is 2. The van der Waals surface area contributed by atoms with Crippen molar-refractivity contribution in [3.8, 4) is 0 Å². The molecule has 1 saturated heterocycles. The van der Waals surface area contributed by atoms with Gasteiger partial charge in [-0.05, 0) is 35.9 Å². The van der Waals surface area contributed by atoms with E-state index in [0.717, 1.165) is 23.0 Å². The maximum Gasteiger partial charge on any atom is 0.147 e. The van der Waals surface area contributed by atoms with E-state index in [1.807, 2.05) is 12.3 Å². The molecule has 2 atom stereocenters. The van der Waals surface area contributed by atoms with E-state index >= 15 is 0 Å². The molecular formula is C18H25N3O2S. The second kappa shape index (κ2) is 5.92. The lowest BCUT2D eigenvalue weighted by molar-refractivity contribution is 0.342. The van der Waals surface area contributed by atoms with Crippen molar-refractivity contribution in [1.29, 1.82) is 0 Å². The number of aromatic nitrogens is 1. The predicted molar refractivity (Wildman–Crippen MR) is 100 cm³/mol. The maximum absolute atomic E-state index is 11.6. The van der Waals surface area contributed by atoms with Gasteiger partial charge in [0.1, 0.15) is 15.7 Å². The first kappa shape index (κ1) is 17.0. The van der Waals surface area contributed by atoms with E-state index in [0.29, 0.717) is 11.7 Å². The highest BCUT2D eigenvalue weighted by Crippen LogP contribution is 2.39. The Bertz CT molecular complexity index is 877. The van der Waals surface area contributed by atoms with Crippen LogP contribution in [0.25, 0.3) is 10.8 Å². The van der Waals surface area contributed by atoms with Crippen LogP contribution in [0.3, 0.4) is 0 Å². The van der Waals surface area contributed by atoms with E-state index in [4.69, 9.17) is 5.73 Å². The fraction of sp³-hybridized carbons (Fsp3) is 0.500. The molecule has 2 N–H and O–H groups in total. The van der Waals surface area contributed by atoms with Gasteiger partial charge in [-0.15, -0.1) is 0 Å². The Labute approximate surface area is 143 Å². The molecule has 1 aliphatic heterocycles. The summed E-state index contributed by atoms with van der Waals surface area (Å²) < 4.78 is 23.1. The van der Waals surface area contributed by atoms with Crippen LogP contribution in [-0.2, 0) is 9.84 Å². The van der Waals surface area contributed by atoms with Crippen molar-refractivity contribution in [2.45, 2.75) is 32.7 Å². The first-order valence-electron chi connectivity index (χ1n) is 8.30. The van der Waals surface area contributed by atoms with Gasteiger partial charge in [0.15, 0.2) is 0 Å². The monoisotopic (exact) mass is 347 g/mol. The average Bonchev–Trinajstić information content (AvgIpc) is 2.48. The van der Waals surface area contributed by atoms with E-state index in [1.165, 1.54) is 11.8 Å². The number of rotatable bonds is 4. The van der Waals surface area contributed by atoms with Crippen LogP contribution in [0.2, 0.25) is 0 Å². The first-order chi connectivity index (χ1) is 11.2. The minimum atomic E-state index is -2.94. The Kier molecular flexibility index (Phi) is 4.20. The van der Waals surface area contributed by atoms with Gasteiger partial charge in [-0.25, -0.2) is 13.4 Å².